The number of nitrogens with zero attached hydrogens (tertiary/aromatic N) is 1. The lowest BCUT2D eigenvalue weighted by Crippen LogP contribution is -2.40. The van der Waals surface area contributed by atoms with Crippen molar-refractivity contribution in [3.63, 3.8) is 0 Å². The molecule has 1 saturated heterocycles. The number of amides is 1. The molecule has 2 unspecified atom stereocenters. The zero-order valence-electron chi connectivity index (χ0n) is 17.8. The molecule has 7 heteroatoms. The normalized spacial score (nSPS) is 17.3. The molecular weight excluding hydrogens is 400 g/mol. The standard InChI is InChI=1S/C23H30N2O4S/c1-4-17(2)22(19-8-6-5-7-9-19)23(26)24-20-11-10-18(3)21(16-20)30(27,28)25-12-14-29-15-13-25/h5-11,16-17,22H,4,12-15H2,1-3H3,(H,24,26). The van der Waals surface area contributed by atoms with Crippen LogP contribution in [-0.2, 0) is 19.6 Å². The second-order valence-corrected chi connectivity index (χ2v) is 9.67. The summed E-state index contributed by atoms with van der Waals surface area (Å²) in [6.07, 6.45) is 0.859. The summed E-state index contributed by atoms with van der Waals surface area (Å²) in [6.45, 7) is 7.34. The van der Waals surface area contributed by atoms with Gasteiger partial charge in [-0.15, -0.1) is 0 Å². The number of carbonyl (C=O) groups is 1. The lowest BCUT2D eigenvalue weighted by Gasteiger charge is -2.27. The number of anilines is 1. The molecule has 30 heavy (non-hydrogen) atoms. The molecule has 162 valence electrons. The highest BCUT2D eigenvalue weighted by molar-refractivity contribution is 7.89. The summed E-state index contributed by atoms with van der Waals surface area (Å²) in [4.78, 5) is 13.4. The Morgan fingerprint density at radius 2 is 1.80 bits per heavy atom. The highest BCUT2D eigenvalue weighted by Gasteiger charge is 2.29. The molecule has 1 aliphatic heterocycles. The topological polar surface area (TPSA) is 75.7 Å². The van der Waals surface area contributed by atoms with Gasteiger partial charge in [0.05, 0.1) is 24.0 Å². The predicted molar refractivity (Wildman–Crippen MR) is 118 cm³/mol. The predicted octanol–water partition coefficient (Wildman–Crippen LogP) is 3.78. The summed E-state index contributed by atoms with van der Waals surface area (Å²) in [5.41, 5.74) is 2.10. The van der Waals surface area contributed by atoms with Gasteiger partial charge in [0.1, 0.15) is 0 Å². The second-order valence-electron chi connectivity index (χ2n) is 7.76. The van der Waals surface area contributed by atoms with E-state index in [1.165, 1.54) is 4.31 Å². The summed E-state index contributed by atoms with van der Waals surface area (Å²) in [6, 6.07) is 14.8. The highest BCUT2D eigenvalue weighted by atomic mass is 32.2. The van der Waals surface area contributed by atoms with Crippen LogP contribution in [0, 0.1) is 12.8 Å². The Labute approximate surface area is 179 Å². The molecule has 2 aromatic rings. The van der Waals surface area contributed by atoms with Crippen molar-refractivity contribution in [1.82, 2.24) is 4.31 Å². The molecule has 3 rings (SSSR count). The Hall–Kier alpha value is -2.22. The molecule has 1 heterocycles. The van der Waals surface area contributed by atoms with E-state index in [1.54, 1.807) is 25.1 Å². The lowest BCUT2D eigenvalue weighted by atomic mass is 9.85. The van der Waals surface area contributed by atoms with E-state index in [0.29, 0.717) is 37.6 Å². The molecule has 1 N–H and O–H groups in total. The van der Waals surface area contributed by atoms with E-state index in [9.17, 15) is 13.2 Å². The molecule has 1 amide bonds. The van der Waals surface area contributed by atoms with Crippen molar-refractivity contribution in [2.75, 3.05) is 31.6 Å². The van der Waals surface area contributed by atoms with Crippen LogP contribution in [0.15, 0.2) is 53.4 Å². The fraction of sp³-hybridized carbons (Fsp3) is 0.435. The van der Waals surface area contributed by atoms with Crippen molar-refractivity contribution in [2.24, 2.45) is 5.92 Å². The van der Waals surface area contributed by atoms with Gasteiger partial charge in [-0.05, 0) is 36.1 Å². The van der Waals surface area contributed by atoms with Gasteiger partial charge in [0.15, 0.2) is 0 Å². The van der Waals surface area contributed by atoms with Crippen LogP contribution >= 0.6 is 0 Å². The third-order valence-corrected chi connectivity index (χ3v) is 7.74. The summed E-state index contributed by atoms with van der Waals surface area (Å²) in [5.74, 6) is -0.291. The molecule has 0 radical (unpaired) electrons. The molecule has 0 saturated carbocycles. The fourth-order valence-electron chi connectivity index (χ4n) is 3.74. The number of nitrogens with one attached hydrogen (secondary N) is 1. The largest absolute Gasteiger partial charge is 0.379 e. The molecule has 1 aliphatic rings. The number of benzene rings is 2. The van der Waals surface area contributed by atoms with Gasteiger partial charge in [0.25, 0.3) is 0 Å². The molecule has 0 spiro atoms. The second kappa shape index (κ2) is 9.73. The first-order valence-electron chi connectivity index (χ1n) is 10.4. The van der Waals surface area contributed by atoms with Gasteiger partial charge < -0.3 is 10.1 Å². The minimum Gasteiger partial charge on any atom is -0.379 e. The van der Waals surface area contributed by atoms with E-state index in [2.05, 4.69) is 19.2 Å². The van der Waals surface area contributed by atoms with E-state index < -0.39 is 10.0 Å². The maximum atomic E-state index is 13.2. The van der Waals surface area contributed by atoms with E-state index in [-0.39, 0.29) is 22.6 Å². The molecule has 1 fully saturated rings. The zero-order valence-corrected chi connectivity index (χ0v) is 18.6. The fourth-order valence-corrected chi connectivity index (χ4v) is 5.39. The molecule has 0 aliphatic carbocycles. The van der Waals surface area contributed by atoms with Crippen LogP contribution in [0.4, 0.5) is 5.69 Å². The van der Waals surface area contributed by atoms with Gasteiger partial charge in [0, 0.05) is 18.8 Å². The monoisotopic (exact) mass is 430 g/mol. The van der Waals surface area contributed by atoms with E-state index in [0.717, 1.165) is 12.0 Å². The number of carbonyl (C=O) groups excluding carboxylic acids is 1. The van der Waals surface area contributed by atoms with Gasteiger partial charge >= 0.3 is 0 Å². The van der Waals surface area contributed by atoms with Crippen molar-refractivity contribution in [3.05, 3.63) is 59.7 Å². The third kappa shape index (κ3) is 4.91. The minimum atomic E-state index is -3.64. The van der Waals surface area contributed by atoms with E-state index >= 15 is 0 Å². The van der Waals surface area contributed by atoms with Crippen molar-refractivity contribution < 1.29 is 17.9 Å². The highest BCUT2D eigenvalue weighted by Crippen LogP contribution is 2.30. The zero-order chi connectivity index (χ0) is 21.7. The number of sulfonamides is 1. The molecule has 2 atom stereocenters. The summed E-state index contributed by atoms with van der Waals surface area (Å²) < 4.78 is 32.9. The minimum absolute atomic E-state index is 0.130. The van der Waals surface area contributed by atoms with Gasteiger partial charge in [-0.1, -0.05) is 56.7 Å². The van der Waals surface area contributed by atoms with Crippen molar-refractivity contribution in [1.29, 1.82) is 0 Å². The Balaban J connectivity index is 1.87. The van der Waals surface area contributed by atoms with Gasteiger partial charge in [-0.3, -0.25) is 4.79 Å². The molecule has 0 aromatic heterocycles. The average molecular weight is 431 g/mol. The Bertz CT molecular complexity index is 970. The maximum absolute atomic E-state index is 13.2. The van der Waals surface area contributed by atoms with Crippen LogP contribution in [0.3, 0.4) is 0 Å². The van der Waals surface area contributed by atoms with Crippen LogP contribution in [0.1, 0.15) is 37.3 Å². The molecule has 0 bridgehead atoms. The SMILES string of the molecule is CCC(C)C(C(=O)Nc1ccc(C)c(S(=O)(=O)N2CCOCC2)c1)c1ccccc1. The quantitative estimate of drug-likeness (QED) is 0.725. The first kappa shape index (κ1) is 22.5. The number of aryl methyl sites for hydroxylation is 1. The Morgan fingerprint density at radius 3 is 2.43 bits per heavy atom. The lowest BCUT2D eigenvalue weighted by molar-refractivity contribution is -0.118. The first-order chi connectivity index (χ1) is 14.3. The number of morpholine rings is 1. The number of rotatable bonds is 7. The first-order valence-corrected chi connectivity index (χ1v) is 11.8. The van der Waals surface area contributed by atoms with Crippen LogP contribution in [0.5, 0.6) is 0 Å². The van der Waals surface area contributed by atoms with E-state index in [1.807, 2.05) is 30.3 Å². The summed E-state index contributed by atoms with van der Waals surface area (Å²) >= 11 is 0. The number of hydrogen-bond acceptors (Lipinski definition) is 4. The summed E-state index contributed by atoms with van der Waals surface area (Å²) in [7, 11) is -3.64. The number of hydrogen-bond donors (Lipinski definition) is 1. The van der Waals surface area contributed by atoms with E-state index in [4.69, 9.17) is 4.74 Å². The van der Waals surface area contributed by atoms with Crippen molar-refractivity contribution in [2.45, 2.75) is 38.0 Å². The maximum Gasteiger partial charge on any atom is 0.243 e. The number of ether oxygens (including phenoxy) is 1. The summed E-state index contributed by atoms with van der Waals surface area (Å²) in [5, 5.41) is 2.95. The van der Waals surface area contributed by atoms with Crippen LogP contribution in [0.25, 0.3) is 0 Å². The molecule has 6 nitrogen and oxygen atoms in total. The van der Waals surface area contributed by atoms with Crippen molar-refractivity contribution in [3.8, 4) is 0 Å². The molecule has 2 aromatic carbocycles. The Morgan fingerprint density at radius 1 is 1.13 bits per heavy atom. The smallest absolute Gasteiger partial charge is 0.243 e. The van der Waals surface area contributed by atoms with Gasteiger partial charge in [-0.2, -0.15) is 4.31 Å². The molecular formula is C23H30N2O4S. The van der Waals surface area contributed by atoms with Crippen LogP contribution < -0.4 is 5.32 Å². The average Bonchev–Trinajstić information content (AvgIpc) is 2.76. The Kier molecular flexibility index (Phi) is 7.28. The van der Waals surface area contributed by atoms with Crippen molar-refractivity contribution >= 4 is 21.6 Å². The van der Waals surface area contributed by atoms with Crippen LogP contribution in [-0.4, -0.2) is 44.9 Å². The van der Waals surface area contributed by atoms with Crippen LogP contribution in [0.2, 0.25) is 0 Å². The van der Waals surface area contributed by atoms with Gasteiger partial charge in [0.2, 0.25) is 15.9 Å². The van der Waals surface area contributed by atoms with Gasteiger partial charge in [-0.25, -0.2) is 8.42 Å². The third-order valence-electron chi connectivity index (χ3n) is 5.70.